The number of benzene rings is 2. The molecule has 0 spiro atoms. The molecule has 3 aromatic heterocycles. The number of hydrogen-bond donors (Lipinski definition) is 0. The molecule has 0 saturated carbocycles. The van der Waals surface area contributed by atoms with Crippen molar-refractivity contribution in [1.82, 2.24) is 4.98 Å². The fourth-order valence-corrected chi connectivity index (χ4v) is 5.60. The zero-order chi connectivity index (χ0) is 24.8. The van der Waals surface area contributed by atoms with Crippen molar-refractivity contribution in [3.8, 4) is 0 Å². The molecular formula is C30H23NO4S. The van der Waals surface area contributed by atoms with Crippen LogP contribution in [-0.4, -0.2) is 11.0 Å². The van der Waals surface area contributed by atoms with Gasteiger partial charge in [-0.25, -0.2) is 14.6 Å². The zero-order valence-corrected chi connectivity index (χ0v) is 20.8. The van der Waals surface area contributed by atoms with Gasteiger partial charge in [-0.3, -0.25) is 0 Å². The Morgan fingerprint density at radius 1 is 1.08 bits per heavy atom. The zero-order valence-electron chi connectivity index (χ0n) is 20.0. The number of fused-ring (bicyclic) bond motifs is 3. The lowest BCUT2D eigenvalue weighted by molar-refractivity contribution is 0.0475. The Balaban J connectivity index is 1.40. The van der Waals surface area contributed by atoms with Crippen molar-refractivity contribution in [2.45, 2.75) is 33.3 Å². The van der Waals surface area contributed by atoms with Gasteiger partial charge >= 0.3 is 11.6 Å². The van der Waals surface area contributed by atoms with E-state index in [0.29, 0.717) is 16.7 Å². The molecule has 0 unspecified atom stereocenters. The summed E-state index contributed by atoms with van der Waals surface area (Å²) in [5, 5.41) is 3.61. The van der Waals surface area contributed by atoms with Crippen LogP contribution < -0.4 is 5.63 Å². The molecule has 0 atom stereocenters. The van der Waals surface area contributed by atoms with E-state index in [0.717, 1.165) is 62.0 Å². The number of pyridine rings is 1. The number of ether oxygens (including phenoxy) is 1. The number of aryl methyl sites for hydroxylation is 2. The lowest BCUT2D eigenvalue weighted by atomic mass is 10.0. The summed E-state index contributed by atoms with van der Waals surface area (Å²) in [4.78, 5) is 31.9. The number of aromatic nitrogens is 1. The van der Waals surface area contributed by atoms with E-state index in [1.165, 1.54) is 6.07 Å². The quantitative estimate of drug-likeness (QED) is 0.202. The maximum Gasteiger partial charge on any atom is 0.339 e. The first-order valence-corrected chi connectivity index (χ1v) is 12.7. The van der Waals surface area contributed by atoms with Crippen molar-refractivity contribution in [1.29, 1.82) is 0 Å². The number of esters is 1. The first kappa shape index (κ1) is 22.4. The highest BCUT2D eigenvalue weighted by molar-refractivity contribution is 7.10. The number of nitrogens with zero attached hydrogens (tertiary/aromatic N) is 1. The van der Waals surface area contributed by atoms with E-state index in [9.17, 15) is 9.59 Å². The molecule has 6 heteroatoms. The van der Waals surface area contributed by atoms with Crippen LogP contribution in [0.25, 0.3) is 33.5 Å². The van der Waals surface area contributed by atoms with Crippen LogP contribution in [0.15, 0.2) is 69.2 Å². The predicted octanol–water partition coefficient (Wildman–Crippen LogP) is 6.86. The van der Waals surface area contributed by atoms with Crippen LogP contribution in [0.2, 0.25) is 0 Å². The minimum absolute atomic E-state index is 0.0211. The molecule has 36 heavy (non-hydrogen) atoms. The third-order valence-corrected chi connectivity index (χ3v) is 7.70. The number of carbonyl (C=O) groups is 1. The number of thiophene rings is 1. The topological polar surface area (TPSA) is 69.4 Å². The van der Waals surface area contributed by atoms with Gasteiger partial charge in [0.15, 0.2) is 0 Å². The van der Waals surface area contributed by atoms with Gasteiger partial charge in [0.25, 0.3) is 0 Å². The van der Waals surface area contributed by atoms with E-state index in [1.807, 2.05) is 56.3 Å². The Morgan fingerprint density at radius 3 is 2.78 bits per heavy atom. The monoisotopic (exact) mass is 493 g/mol. The Bertz CT molecular complexity index is 1750. The molecule has 0 fully saturated rings. The van der Waals surface area contributed by atoms with Crippen LogP contribution in [0, 0.1) is 13.8 Å². The highest BCUT2D eigenvalue weighted by Gasteiger charge is 2.28. The van der Waals surface area contributed by atoms with E-state index in [2.05, 4.69) is 17.5 Å². The largest absolute Gasteiger partial charge is 0.457 e. The number of carbonyl (C=O) groups excluding carboxylic acids is 1. The minimum Gasteiger partial charge on any atom is -0.457 e. The van der Waals surface area contributed by atoms with Crippen molar-refractivity contribution >= 4 is 50.8 Å². The number of hydrogen-bond acceptors (Lipinski definition) is 6. The maximum atomic E-state index is 13.6. The van der Waals surface area contributed by atoms with Gasteiger partial charge in [-0.05, 0) is 72.5 Å². The molecule has 0 N–H and O–H groups in total. The van der Waals surface area contributed by atoms with Crippen molar-refractivity contribution in [2.75, 3.05) is 0 Å². The van der Waals surface area contributed by atoms with E-state index < -0.39 is 11.6 Å². The van der Waals surface area contributed by atoms with Crippen molar-refractivity contribution < 1.29 is 13.9 Å². The summed E-state index contributed by atoms with van der Waals surface area (Å²) in [7, 11) is 0. The van der Waals surface area contributed by atoms with Gasteiger partial charge in [-0.2, -0.15) is 0 Å². The number of rotatable bonds is 4. The lowest BCUT2D eigenvalue weighted by Crippen LogP contribution is -2.12. The molecular weight excluding hydrogens is 470 g/mol. The third kappa shape index (κ3) is 3.84. The Labute approximate surface area is 211 Å². The van der Waals surface area contributed by atoms with E-state index >= 15 is 0 Å². The summed E-state index contributed by atoms with van der Waals surface area (Å²) in [6.45, 7) is 3.87. The summed E-state index contributed by atoms with van der Waals surface area (Å²) < 4.78 is 11.3. The molecule has 0 saturated heterocycles. The van der Waals surface area contributed by atoms with Gasteiger partial charge in [0.05, 0.1) is 16.8 Å². The molecule has 3 heterocycles. The smallest absolute Gasteiger partial charge is 0.339 e. The van der Waals surface area contributed by atoms with Crippen molar-refractivity contribution in [3.05, 3.63) is 109 Å². The molecule has 1 aliphatic carbocycles. The molecule has 0 aliphatic heterocycles. The summed E-state index contributed by atoms with van der Waals surface area (Å²) in [5.74, 6) is -0.410. The van der Waals surface area contributed by atoms with E-state index in [-0.39, 0.29) is 6.61 Å². The second kappa shape index (κ2) is 8.88. The number of para-hydroxylation sites is 1. The summed E-state index contributed by atoms with van der Waals surface area (Å²) in [5.41, 5.74) is 6.88. The normalized spacial score (nSPS) is 14.0. The molecule has 0 amide bonds. The molecule has 5 nitrogen and oxygen atoms in total. The van der Waals surface area contributed by atoms with Crippen molar-refractivity contribution in [2.24, 2.45) is 0 Å². The van der Waals surface area contributed by atoms with Gasteiger partial charge in [-0.1, -0.05) is 36.4 Å². The highest BCUT2D eigenvalue weighted by atomic mass is 32.1. The second-order valence-corrected chi connectivity index (χ2v) is 10.0. The van der Waals surface area contributed by atoms with Gasteiger partial charge in [0.2, 0.25) is 0 Å². The van der Waals surface area contributed by atoms with Gasteiger partial charge in [0, 0.05) is 27.3 Å². The Hall–Kier alpha value is -4.03. The molecule has 5 aromatic rings. The average Bonchev–Trinajstić information content (AvgIpc) is 3.54. The fourth-order valence-electron chi connectivity index (χ4n) is 4.92. The Kier molecular flexibility index (Phi) is 5.53. The third-order valence-electron chi connectivity index (χ3n) is 6.88. The van der Waals surface area contributed by atoms with Crippen LogP contribution in [-0.2, 0) is 17.8 Å². The van der Waals surface area contributed by atoms with Crippen LogP contribution in [0.3, 0.4) is 0 Å². The molecule has 0 radical (unpaired) electrons. The summed E-state index contributed by atoms with van der Waals surface area (Å²) in [6, 6.07) is 17.1. The van der Waals surface area contributed by atoms with Crippen LogP contribution >= 0.6 is 11.3 Å². The standard InChI is InChI=1S/C30H23NO4S/c1-17-9-11-22-20(15-26(32)35-29(22)18(17)2)16-34-30(33)27-23-7-3-4-8-25(23)31-28-19(10-12-24(27)28)14-21-6-5-13-36-21/h3-9,11,13-15H,10,12,16H2,1-2H3. The fraction of sp³-hybridized carbons (Fsp3) is 0.167. The lowest BCUT2D eigenvalue weighted by Gasteiger charge is -2.13. The second-order valence-electron chi connectivity index (χ2n) is 9.07. The molecule has 1 aliphatic rings. The minimum atomic E-state index is -0.458. The first-order chi connectivity index (χ1) is 17.5. The van der Waals surface area contributed by atoms with Crippen LogP contribution in [0.1, 0.15) is 49.6 Å². The molecule has 0 bridgehead atoms. The first-order valence-electron chi connectivity index (χ1n) is 11.9. The summed E-state index contributed by atoms with van der Waals surface area (Å²) in [6.07, 6.45) is 3.71. The highest BCUT2D eigenvalue weighted by Crippen LogP contribution is 2.38. The molecule has 2 aromatic carbocycles. The molecule has 6 rings (SSSR count). The van der Waals surface area contributed by atoms with Gasteiger partial charge in [0.1, 0.15) is 12.2 Å². The van der Waals surface area contributed by atoms with Gasteiger partial charge < -0.3 is 9.15 Å². The Morgan fingerprint density at radius 2 is 1.94 bits per heavy atom. The number of allylic oxidation sites excluding steroid dienone is 1. The predicted molar refractivity (Wildman–Crippen MR) is 143 cm³/mol. The van der Waals surface area contributed by atoms with Crippen LogP contribution in [0.5, 0.6) is 0 Å². The average molecular weight is 494 g/mol. The molecule has 178 valence electrons. The SMILES string of the molecule is Cc1ccc2c(COC(=O)c3c4c(nc5ccccc35)C(=Cc3cccs3)CC4)cc(=O)oc2c1C. The van der Waals surface area contributed by atoms with Crippen molar-refractivity contribution in [3.63, 3.8) is 0 Å². The summed E-state index contributed by atoms with van der Waals surface area (Å²) >= 11 is 1.68. The van der Waals surface area contributed by atoms with Gasteiger partial charge in [-0.15, -0.1) is 11.3 Å². The van der Waals surface area contributed by atoms with E-state index in [1.54, 1.807) is 11.3 Å². The van der Waals surface area contributed by atoms with Crippen LogP contribution in [0.4, 0.5) is 0 Å². The maximum absolute atomic E-state index is 13.6. The van der Waals surface area contributed by atoms with E-state index in [4.69, 9.17) is 14.1 Å².